The second kappa shape index (κ2) is 10.1. The fourth-order valence-corrected chi connectivity index (χ4v) is 4.11. The first kappa shape index (κ1) is 24.0. The van der Waals surface area contributed by atoms with E-state index in [9.17, 15) is 14.0 Å². The number of esters is 1. The molecule has 1 fully saturated rings. The average molecular weight is 440 g/mol. The molecule has 1 amide bonds. The predicted molar refractivity (Wildman–Crippen MR) is 114 cm³/mol. The van der Waals surface area contributed by atoms with Gasteiger partial charge in [0, 0.05) is 43.4 Å². The van der Waals surface area contributed by atoms with Crippen LogP contribution in [0.5, 0.6) is 0 Å². The van der Waals surface area contributed by atoms with Crippen molar-refractivity contribution in [2.45, 2.75) is 58.0 Å². The van der Waals surface area contributed by atoms with Crippen molar-refractivity contribution in [3.05, 3.63) is 40.9 Å². The van der Waals surface area contributed by atoms with Crippen LogP contribution >= 0.6 is 11.9 Å². The molecule has 1 aliphatic carbocycles. The van der Waals surface area contributed by atoms with E-state index in [1.54, 1.807) is 47.0 Å². The third kappa shape index (κ3) is 6.10. The van der Waals surface area contributed by atoms with Gasteiger partial charge in [0.05, 0.1) is 12.3 Å². The highest BCUT2D eigenvalue weighted by Crippen LogP contribution is 2.46. The van der Waals surface area contributed by atoms with Gasteiger partial charge in [-0.25, -0.2) is 18.3 Å². The Balaban J connectivity index is 2.35. The Labute approximate surface area is 181 Å². The number of aromatic nitrogens is 1. The number of carbonyl (C=O) groups is 2. The van der Waals surface area contributed by atoms with Crippen LogP contribution in [-0.4, -0.2) is 47.2 Å². The van der Waals surface area contributed by atoms with E-state index in [-0.39, 0.29) is 18.1 Å². The minimum Gasteiger partial charge on any atom is -0.462 e. The molecule has 30 heavy (non-hydrogen) atoms. The number of amides is 1. The Bertz CT molecular complexity index is 791. The van der Waals surface area contributed by atoms with E-state index in [0.717, 1.165) is 18.4 Å². The fraction of sp³-hybridized carbons (Fsp3) is 0.571. The van der Waals surface area contributed by atoms with Crippen LogP contribution in [0.25, 0.3) is 0 Å². The first-order chi connectivity index (χ1) is 14.1. The van der Waals surface area contributed by atoms with Crippen LogP contribution in [0, 0.1) is 5.82 Å². The molecule has 0 atom stereocenters. The summed E-state index contributed by atoms with van der Waals surface area (Å²) in [5.41, 5.74) is -1.02. The molecule has 1 aliphatic rings. The summed E-state index contributed by atoms with van der Waals surface area (Å²) in [6, 6.07) is 2.92. The van der Waals surface area contributed by atoms with Crippen LogP contribution in [0.1, 0.15) is 52.7 Å². The number of nitrogens with one attached hydrogen (secondary N) is 1. The van der Waals surface area contributed by atoms with Crippen LogP contribution in [0.2, 0.25) is 0 Å². The Morgan fingerprint density at radius 3 is 2.60 bits per heavy atom. The summed E-state index contributed by atoms with van der Waals surface area (Å²) in [6.07, 6.45) is 4.68. The quantitative estimate of drug-likeness (QED) is 0.370. The second-order valence-electron chi connectivity index (χ2n) is 8.09. The number of ether oxygens (including phenoxy) is 2. The molecule has 2 rings (SSSR count). The Morgan fingerprint density at radius 1 is 1.40 bits per heavy atom. The second-order valence-corrected chi connectivity index (χ2v) is 9.16. The Hall–Kier alpha value is -2.29. The van der Waals surface area contributed by atoms with E-state index < -0.39 is 28.9 Å². The maximum absolute atomic E-state index is 14.5. The van der Waals surface area contributed by atoms with E-state index in [1.807, 2.05) is 0 Å². The molecular weight excluding hydrogens is 409 g/mol. The highest BCUT2D eigenvalue weighted by atomic mass is 32.2. The molecule has 0 aromatic carbocycles. The van der Waals surface area contributed by atoms with Crippen molar-refractivity contribution in [2.75, 3.05) is 20.2 Å². The van der Waals surface area contributed by atoms with Crippen molar-refractivity contribution in [3.8, 4) is 0 Å². The van der Waals surface area contributed by atoms with Crippen LogP contribution in [0.15, 0.2) is 29.4 Å². The van der Waals surface area contributed by atoms with Crippen molar-refractivity contribution in [2.24, 2.45) is 0 Å². The summed E-state index contributed by atoms with van der Waals surface area (Å²) in [5, 5.41) is 2.80. The lowest BCUT2D eigenvalue weighted by molar-refractivity contribution is -0.137. The maximum Gasteiger partial charge on any atom is 0.420 e. The van der Waals surface area contributed by atoms with Gasteiger partial charge in [-0.05, 0) is 52.7 Å². The van der Waals surface area contributed by atoms with Crippen molar-refractivity contribution in [3.63, 3.8) is 0 Å². The number of pyridine rings is 1. The van der Waals surface area contributed by atoms with Crippen LogP contribution < -0.4 is 5.32 Å². The maximum atomic E-state index is 14.5. The predicted octanol–water partition coefficient (Wildman–Crippen LogP) is 4.15. The molecule has 1 N–H and O–H groups in total. The Kier molecular flexibility index (Phi) is 8.11. The third-order valence-corrected chi connectivity index (χ3v) is 5.56. The summed E-state index contributed by atoms with van der Waals surface area (Å²) in [5.74, 6) is -0.959. The summed E-state index contributed by atoms with van der Waals surface area (Å²) < 4.78 is 26.5. The molecule has 0 spiro atoms. The lowest BCUT2D eigenvalue weighted by Crippen LogP contribution is -2.47. The van der Waals surface area contributed by atoms with Gasteiger partial charge >= 0.3 is 12.1 Å². The van der Waals surface area contributed by atoms with Crippen molar-refractivity contribution in [1.29, 1.82) is 0 Å². The van der Waals surface area contributed by atoms with Gasteiger partial charge in [0.25, 0.3) is 0 Å². The molecule has 0 aliphatic heterocycles. The van der Waals surface area contributed by atoms with Crippen molar-refractivity contribution in [1.82, 2.24) is 14.6 Å². The minimum atomic E-state index is -0.726. The molecule has 166 valence electrons. The van der Waals surface area contributed by atoms with Gasteiger partial charge in [0.2, 0.25) is 0 Å². The van der Waals surface area contributed by atoms with E-state index in [4.69, 9.17) is 9.47 Å². The van der Waals surface area contributed by atoms with E-state index in [2.05, 4.69) is 10.3 Å². The number of nitrogens with zero attached hydrogens (tertiary/aromatic N) is 2. The summed E-state index contributed by atoms with van der Waals surface area (Å²) in [4.78, 5) is 29.8. The van der Waals surface area contributed by atoms with Gasteiger partial charge in [-0.15, -0.1) is 0 Å². The molecule has 1 aromatic heterocycles. The monoisotopic (exact) mass is 439 g/mol. The van der Waals surface area contributed by atoms with Crippen LogP contribution in [0.4, 0.5) is 9.18 Å². The highest BCUT2D eigenvalue weighted by Gasteiger charge is 2.45. The third-order valence-electron chi connectivity index (χ3n) is 4.58. The normalized spacial score (nSPS) is 15.7. The molecule has 0 bridgehead atoms. The standard InChI is InChI=1S/C21H30FN3O4S/c1-6-28-18(26)16(13-23-5)30-25(19(27)29-20(2,3)4)14-21(10-8-11-21)17-15(22)9-7-12-24-17/h7,9,12-13,23H,6,8,10-11,14H2,1-5H3/b16-13-. The van der Waals surface area contributed by atoms with Gasteiger partial charge in [-0.1, -0.05) is 6.42 Å². The molecule has 1 saturated carbocycles. The molecule has 0 unspecified atom stereocenters. The van der Waals surface area contributed by atoms with Gasteiger partial charge in [0.1, 0.15) is 16.3 Å². The van der Waals surface area contributed by atoms with Crippen LogP contribution in [-0.2, 0) is 19.7 Å². The highest BCUT2D eigenvalue weighted by molar-refractivity contribution is 8.02. The topological polar surface area (TPSA) is 80.8 Å². The first-order valence-electron chi connectivity index (χ1n) is 9.96. The molecule has 1 heterocycles. The summed E-state index contributed by atoms with van der Waals surface area (Å²) >= 11 is 0.921. The van der Waals surface area contributed by atoms with Crippen molar-refractivity contribution < 1.29 is 23.5 Å². The molecule has 0 saturated heterocycles. The molecular formula is C21H30FN3O4S. The van der Waals surface area contributed by atoms with E-state index in [0.29, 0.717) is 18.5 Å². The van der Waals surface area contributed by atoms with Crippen LogP contribution in [0.3, 0.4) is 0 Å². The van der Waals surface area contributed by atoms with E-state index >= 15 is 0 Å². The minimum absolute atomic E-state index is 0.154. The van der Waals surface area contributed by atoms with Gasteiger partial charge in [-0.2, -0.15) is 0 Å². The SMILES string of the molecule is CCOC(=O)/C(=C/NC)SN(CC1(c2ncccc2F)CCC1)C(=O)OC(C)(C)C. The van der Waals surface area contributed by atoms with Gasteiger partial charge < -0.3 is 14.8 Å². The first-order valence-corrected chi connectivity index (χ1v) is 10.7. The van der Waals surface area contributed by atoms with E-state index in [1.165, 1.54) is 16.6 Å². The smallest absolute Gasteiger partial charge is 0.420 e. The lowest BCUT2D eigenvalue weighted by Gasteiger charge is -2.44. The molecule has 0 radical (unpaired) electrons. The van der Waals surface area contributed by atoms with Crippen molar-refractivity contribution >= 4 is 24.0 Å². The average Bonchev–Trinajstić information content (AvgIpc) is 2.62. The number of hydrogen-bond donors (Lipinski definition) is 1. The lowest BCUT2D eigenvalue weighted by atomic mass is 9.66. The fourth-order valence-electron chi connectivity index (χ4n) is 3.15. The number of carbonyl (C=O) groups excluding carboxylic acids is 2. The zero-order valence-electron chi connectivity index (χ0n) is 18.2. The molecule has 9 heteroatoms. The molecule has 7 nitrogen and oxygen atoms in total. The zero-order valence-corrected chi connectivity index (χ0v) is 19.0. The number of hydrogen-bond acceptors (Lipinski definition) is 7. The zero-order chi connectivity index (χ0) is 22.4. The largest absolute Gasteiger partial charge is 0.462 e. The van der Waals surface area contributed by atoms with Gasteiger partial charge in [-0.3, -0.25) is 4.98 Å². The van der Waals surface area contributed by atoms with Gasteiger partial charge in [0.15, 0.2) is 0 Å². The molecule has 1 aromatic rings. The Morgan fingerprint density at radius 2 is 2.10 bits per heavy atom. The summed E-state index contributed by atoms with van der Waals surface area (Å²) in [6.45, 7) is 7.36. The number of rotatable bonds is 8. The number of halogens is 1. The summed E-state index contributed by atoms with van der Waals surface area (Å²) in [7, 11) is 1.65.